The summed E-state index contributed by atoms with van der Waals surface area (Å²) in [5.74, 6) is 0.751. The molecule has 0 bridgehead atoms. The molecule has 0 saturated carbocycles. The van der Waals surface area contributed by atoms with E-state index in [2.05, 4.69) is 44.8 Å². The molecular weight excluding hydrogens is 208 g/mol. The Labute approximate surface area is 108 Å². The summed E-state index contributed by atoms with van der Waals surface area (Å²) in [6, 6.07) is 0.720. The van der Waals surface area contributed by atoms with Crippen molar-refractivity contribution in [1.82, 2.24) is 10.2 Å². The number of hydrogen-bond donors (Lipinski definition) is 1. The normalized spacial score (nSPS) is 22.9. The van der Waals surface area contributed by atoms with Crippen molar-refractivity contribution in [2.45, 2.75) is 59.9 Å². The fraction of sp³-hybridized carbons (Fsp3) is 1.00. The summed E-state index contributed by atoms with van der Waals surface area (Å²) in [6.07, 6.45) is 3.94. The molecular formula is C15H32N2. The van der Waals surface area contributed by atoms with E-state index in [4.69, 9.17) is 0 Å². The van der Waals surface area contributed by atoms with Crippen LogP contribution in [-0.2, 0) is 0 Å². The summed E-state index contributed by atoms with van der Waals surface area (Å²) in [4.78, 5) is 2.71. The number of nitrogens with zero attached hydrogens (tertiary/aromatic N) is 1. The lowest BCUT2D eigenvalue weighted by atomic mass is 9.81. The van der Waals surface area contributed by atoms with Gasteiger partial charge in [0.05, 0.1) is 0 Å². The summed E-state index contributed by atoms with van der Waals surface area (Å²) in [5.41, 5.74) is 0.564. The average molecular weight is 240 g/mol. The van der Waals surface area contributed by atoms with Gasteiger partial charge >= 0.3 is 0 Å². The second kappa shape index (κ2) is 6.75. The molecule has 0 aromatic heterocycles. The minimum Gasteiger partial charge on any atom is -0.315 e. The lowest BCUT2D eigenvalue weighted by molar-refractivity contribution is 0.0730. The van der Waals surface area contributed by atoms with Gasteiger partial charge in [-0.2, -0.15) is 0 Å². The Morgan fingerprint density at radius 2 is 1.76 bits per heavy atom. The molecule has 0 amide bonds. The molecule has 1 atom stereocenters. The highest BCUT2D eigenvalue weighted by Crippen LogP contribution is 2.31. The zero-order valence-corrected chi connectivity index (χ0v) is 12.6. The summed E-state index contributed by atoms with van der Waals surface area (Å²) >= 11 is 0. The Hall–Kier alpha value is -0.0800. The molecule has 1 fully saturated rings. The van der Waals surface area contributed by atoms with E-state index < -0.39 is 0 Å². The highest BCUT2D eigenvalue weighted by Gasteiger charge is 2.30. The SMILES string of the molecule is CCCNCC(C(C)C)N1CCC(C)(C)CC1. The third kappa shape index (κ3) is 4.97. The predicted octanol–water partition coefficient (Wildman–Crippen LogP) is 3.13. The molecule has 17 heavy (non-hydrogen) atoms. The first-order valence-electron chi connectivity index (χ1n) is 7.41. The van der Waals surface area contributed by atoms with Gasteiger partial charge in [0, 0.05) is 12.6 Å². The maximum Gasteiger partial charge on any atom is 0.0243 e. The largest absolute Gasteiger partial charge is 0.315 e. The first-order valence-corrected chi connectivity index (χ1v) is 7.41. The van der Waals surface area contributed by atoms with Gasteiger partial charge in [-0.05, 0) is 50.2 Å². The van der Waals surface area contributed by atoms with Crippen molar-refractivity contribution in [3.8, 4) is 0 Å². The Balaban J connectivity index is 2.42. The van der Waals surface area contributed by atoms with Crippen molar-refractivity contribution in [2.24, 2.45) is 11.3 Å². The van der Waals surface area contributed by atoms with Gasteiger partial charge in [0.2, 0.25) is 0 Å². The van der Waals surface area contributed by atoms with Crippen LogP contribution in [0.25, 0.3) is 0 Å². The predicted molar refractivity (Wildman–Crippen MR) is 76.4 cm³/mol. The van der Waals surface area contributed by atoms with E-state index in [0.717, 1.165) is 25.0 Å². The zero-order valence-electron chi connectivity index (χ0n) is 12.6. The molecule has 1 N–H and O–H groups in total. The number of likely N-dealkylation sites (tertiary alicyclic amines) is 1. The van der Waals surface area contributed by atoms with Crippen LogP contribution in [0.2, 0.25) is 0 Å². The van der Waals surface area contributed by atoms with E-state index >= 15 is 0 Å². The van der Waals surface area contributed by atoms with Gasteiger partial charge in [0.15, 0.2) is 0 Å². The lowest BCUT2D eigenvalue weighted by Gasteiger charge is -2.42. The third-order valence-electron chi connectivity index (χ3n) is 4.17. The molecule has 2 nitrogen and oxygen atoms in total. The average Bonchev–Trinajstić information content (AvgIpc) is 2.25. The molecule has 1 saturated heterocycles. The first kappa shape index (κ1) is 15.0. The van der Waals surface area contributed by atoms with Crippen LogP contribution >= 0.6 is 0 Å². The molecule has 1 heterocycles. The molecule has 1 unspecified atom stereocenters. The second-order valence-electron chi connectivity index (χ2n) is 6.72. The van der Waals surface area contributed by atoms with Crippen LogP contribution < -0.4 is 5.32 Å². The van der Waals surface area contributed by atoms with Crippen LogP contribution in [0.1, 0.15) is 53.9 Å². The summed E-state index contributed by atoms with van der Waals surface area (Å²) < 4.78 is 0. The maximum atomic E-state index is 3.59. The van der Waals surface area contributed by atoms with Crippen molar-refractivity contribution >= 4 is 0 Å². The fourth-order valence-electron chi connectivity index (χ4n) is 2.67. The minimum atomic E-state index is 0.564. The highest BCUT2D eigenvalue weighted by molar-refractivity contribution is 4.85. The van der Waals surface area contributed by atoms with Crippen molar-refractivity contribution < 1.29 is 0 Å². The van der Waals surface area contributed by atoms with Gasteiger partial charge in [0.1, 0.15) is 0 Å². The van der Waals surface area contributed by atoms with Gasteiger partial charge in [-0.3, -0.25) is 4.90 Å². The van der Waals surface area contributed by atoms with Gasteiger partial charge in [0.25, 0.3) is 0 Å². The second-order valence-corrected chi connectivity index (χ2v) is 6.72. The molecule has 102 valence electrons. The van der Waals surface area contributed by atoms with Crippen LogP contribution in [0, 0.1) is 11.3 Å². The lowest BCUT2D eigenvalue weighted by Crippen LogP contribution is -2.50. The Kier molecular flexibility index (Phi) is 5.94. The summed E-state index contributed by atoms with van der Waals surface area (Å²) in [5, 5.41) is 3.59. The van der Waals surface area contributed by atoms with Crippen molar-refractivity contribution in [2.75, 3.05) is 26.2 Å². The number of piperidine rings is 1. The van der Waals surface area contributed by atoms with Crippen molar-refractivity contribution in [3.05, 3.63) is 0 Å². The van der Waals surface area contributed by atoms with E-state index in [1.165, 1.54) is 32.4 Å². The first-order chi connectivity index (χ1) is 7.96. The number of rotatable bonds is 6. The Bertz CT molecular complexity index is 201. The van der Waals surface area contributed by atoms with E-state index in [0.29, 0.717) is 5.41 Å². The Morgan fingerprint density at radius 1 is 1.18 bits per heavy atom. The molecule has 0 spiro atoms. The van der Waals surface area contributed by atoms with Gasteiger partial charge in [-0.1, -0.05) is 34.6 Å². The molecule has 1 rings (SSSR count). The van der Waals surface area contributed by atoms with Crippen LogP contribution in [0.4, 0.5) is 0 Å². The molecule has 1 aliphatic heterocycles. The van der Waals surface area contributed by atoms with Crippen LogP contribution in [0.15, 0.2) is 0 Å². The highest BCUT2D eigenvalue weighted by atomic mass is 15.2. The number of nitrogens with one attached hydrogen (secondary N) is 1. The monoisotopic (exact) mass is 240 g/mol. The van der Waals surface area contributed by atoms with E-state index in [1.807, 2.05) is 0 Å². The molecule has 0 aromatic rings. The van der Waals surface area contributed by atoms with Gasteiger partial charge in [-0.15, -0.1) is 0 Å². The van der Waals surface area contributed by atoms with Crippen LogP contribution in [0.3, 0.4) is 0 Å². The van der Waals surface area contributed by atoms with Crippen molar-refractivity contribution in [3.63, 3.8) is 0 Å². The quantitative estimate of drug-likeness (QED) is 0.718. The smallest absolute Gasteiger partial charge is 0.0243 e. The fourth-order valence-corrected chi connectivity index (χ4v) is 2.67. The number of hydrogen-bond acceptors (Lipinski definition) is 2. The van der Waals surface area contributed by atoms with E-state index in [1.54, 1.807) is 0 Å². The molecule has 0 radical (unpaired) electrons. The van der Waals surface area contributed by atoms with Gasteiger partial charge in [-0.25, -0.2) is 0 Å². The van der Waals surface area contributed by atoms with E-state index in [-0.39, 0.29) is 0 Å². The third-order valence-corrected chi connectivity index (χ3v) is 4.17. The molecule has 1 aliphatic rings. The molecule has 0 aromatic carbocycles. The maximum absolute atomic E-state index is 3.59. The summed E-state index contributed by atoms with van der Waals surface area (Å²) in [6.45, 7) is 16.6. The van der Waals surface area contributed by atoms with Gasteiger partial charge < -0.3 is 5.32 Å². The minimum absolute atomic E-state index is 0.564. The van der Waals surface area contributed by atoms with Crippen LogP contribution in [-0.4, -0.2) is 37.1 Å². The molecule has 2 heteroatoms. The topological polar surface area (TPSA) is 15.3 Å². The van der Waals surface area contributed by atoms with Crippen LogP contribution in [0.5, 0.6) is 0 Å². The Morgan fingerprint density at radius 3 is 2.24 bits per heavy atom. The van der Waals surface area contributed by atoms with E-state index in [9.17, 15) is 0 Å². The van der Waals surface area contributed by atoms with Crippen molar-refractivity contribution in [1.29, 1.82) is 0 Å². The summed E-state index contributed by atoms with van der Waals surface area (Å²) in [7, 11) is 0. The standard InChI is InChI=1S/C15H32N2/c1-6-9-16-12-14(13(2)3)17-10-7-15(4,5)8-11-17/h13-14,16H,6-12H2,1-5H3. The zero-order chi connectivity index (χ0) is 12.9. The molecule has 0 aliphatic carbocycles.